The summed E-state index contributed by atoms with van der Waals surface area (Å²) in [4.78, 5) is 0. The van der Waals surface area contributed by atoms with E-state index in [4.69, 9.17) is 0 Å². The first-order valence-corrected chi connectivity index (χ1v) is 7.54. The molecule has 0 spiro atoms. The molecule has 0 aromatic heterocycles. The van der Waals surface area contributed by atoms with Crippen molar-refractivity contribution in [3.63, 3.8) is 0 Å². The van der Waals surface area contributed by atoms with Crippen LogP contribution in [0.15, 0.2) is 24.3 Å². The average Bonchev–Trinajstić information content (AvgIpc) is 2.72. The molecule has 1 aromatic rings. The van der Waals surface area contributed by atoms with Crippen molar-refractivity contribution < 1.29 is 4.39 Å². The van der Waals surface area contributed by atoms with Crippen molar-refractivity contribution in [3.8, 4) is 0 Å². The van der Waals surface area contributed by atoms with Crippen LogP contribution in [0.2, 0.25) is 0 Å². The molecule has 1 saturated carbocycles. The summed E-state index contributed by atoms with van der Waals surface area (Å²) in [6.45, 7) is 7.76. The van der Waals surface area contributed by atoms with E-state index >= 15 is 0 Å². The minimum atomic E-state index is -0.0706. The minimum absolute atomic E-state index is 0.0706. The van der Waals surface area contributed by atoms with Gasteiger partial charge in [-0.25, -0.2) is 4.39 Å². The van der Waals surface area contributed by atoms with Gasteiger partial charge in [-0.05, 0) is 43.2 Å². The van der Waals surface area contributed by atoms with Crippen molar-refractivity contribution in [1.29, 1.82) is 0 Å². The second kappa shape index (κ2) is 6.04. The van der Waals surface area contributed by atoms with Crippen LogP contribution in [0.4, 0.5) is 4.39 Å². The Morgan fingerprint density at radius 1 is 1.37 bits per heavy atom. The summed E-state index contributed by atoms with van der Waals surface area (Å²) >= 11 is 0. The predicted octanol–water partition coefficient (Wildman–Crippen LogP) is 4.69. The lowest BCUT2D eigenvalue weighted by molar-refractivity contribution is 0.195. The molecule has 2 unspecified atom stereocenters. The normalized spacial score (nSPS) is 23.5. The molecule has 106 valence electrons. The van der Waals surface area contributed by atoms with Gasteiger partial charge in [0.15, 0.2) is 0 Å². The molecule has 1 fully saturated rings. The summed E-state index contributed by atoms with van der Waals surface area (Å²) in [7, 11) is 0. The monoisotopic (exact) mass is 263 g/mol. The van der Waals surface area contributed by atoms with Crippen LogP contribution in [-0.4, -0.2) is 6.54 Å². The van der Waals surface area contributed by atoms with Crippen molar-refractivity contribution in [3.05, 3.63) is 35.6 Å². The standard InChI is InChI=1S/C17H26FN/c1-4-12-19-16(13-8-5-6-10-15(13)18)14-9-7-11-17(14,2)3/h5-6,8,10,14,16,19H,4,7,9,11-12H2,1-3H3. The van der Waals surface area contributed by atoms with Gasteiger partial charge in [0, 0.05) is 11.6 Å². The summed E-state index contributed by atoms with van der Waals surface area (Å²) in [6, 6.07) is 7.39. The van der Waals surface area contributed by atoms with E-state index in [0.29, 0.717) is 11.3 Å². The summed E-state index contributed by atoms with van der Waals surface area (Å²) < 4.78 is 14.1. The molecule has 0 aliphatic heterocycles. The van der Waals surface area contributed by atoms with E-state index in [1.807, 2.05) is 12.1 Å². The van der Waals surface area contributed by atoms with Gasteiger partial charge < -0.3 is 5.32 Å². The van der Waals surface area contributed by atoms with Crippen LogP contribution in [0.25, 0.3) is 0 Å². The molecule has 0 bridgehead atoms. The van der Waals surface area contributed by atoms with E-state index < -0.39 is 0 Å². The van der Waals surface area contributed by atoms with Crippen molar-refractivity contribution in [1.82, 2.24) is 5.32 Å². The molecule has 0 heterocycles. The zero-order valence-electron chi connectivity index (χ0n) is 12.4. The fourth-order valence-electron chi connectivity index (χ4n) is 3.47. The van der Waals surface area contributed by atoms with E-state index in [1.165, 1.54) is 19.3 Å². The first kappa shape index (κ1) is 14.5. The first-order valence-electron chi connectivity index (χ1n) is 7.54. The molecule has 0 radical (unpaired) electrons. The highest BCUT2D eigenvalue weighted by molar-refractivity contribution is 5.23. The fourth-order valence-corrected chi connectivity index (χ4v) is 3.47. The molecule has 1 nitrogen and oxygen atoms in total. The van der Waals surface area contributed by atoms with Gasteiger partial charge in [-0.3, -0.25) is 0 Å². The third kappa shape index (κ3) is 3.17. The van der Waals surface area contributed by atoms with Crippen LogP contribution in [0.3, 0.4) is 0 Å². The molecular formula is C17H26FN. The van der Waals surface area contributed by atoms with Crippen molar-refractivity contribution >= 4 is 0 Å². The van der Waals surface area contributed by atoms with E-state index in [1.54, 1.807) is 12.1 Å². The number of nitrogens with one attached hydrogen (secondary N) is 1. The first-order chi connectivity index (χ1) is 9.06. The predicted molar refractivity (Wildman–Crippen MR) is 78.6 cm³/mol. The molecule has 0 amide bonds. The molecule has 19 heavy (non-hydrogen) atoms. The zero-order chi connectivity index (χ0) is 13.9. The third-order valence-electron chi connectivity index (χ3n) is 4.60. The highest BCUT2D eigenvalue weighted by Crippen LogP contribution is 2.48. The van der Waals surface area contributed by atoms with E-state index in [0.717, 1.165) is 18.5 Å². The molecule has 2 heteroatoms. The second-order valence-electron chi connectivity index (χ2n) is 6.44. The number of benzene rings is 1. The highest BCUT2D eigenvalue weighted by atomic mass is 19.1. The minimum Gasteiger partial charge on any atom is -0.310 e. The topological polar surface area (TPSA) is 12.0 Å². The summed E-state index contributed by atoms with van der Waals surface area (Å²) in [5.74, 6) is 0.453. The molecule has 1 N–H and O–H groups in total. The van der Waals surface area contributed by atoms with Crippen LogP contribution >= 0.6 is 0 Å². The van der Waals surface area contributed by atoms with Crippen LogP contribution in [0.5, 0.6) is 0 Å². The van der Waals surface area contributed by atoms with Crippen LogP contribution in [-0.2, 0) is 0 Å². The number of hydrogen-bond acceptors (Lipinski definition) is 1. The van der Waals surface area contributed by atoms with Crippen molar-refractivity contribution in [2.45, 2.75) is 52.5 Å². The number of hydrogen-bond donors (Lipinski definition) is 1. The molecule has 2 rings (SSSR count). The average molecular weight is 263 g/mol. The van der Waals surface area contributed by atoms with Crippen molar-refractivity contribution in [2.24, 2.45) is 11.3 Å². The van der Waals surface area contributed by atoms with E-state index in [9.17, 15) is 4.39 Å². The van der Waals surface area contributed by atoms with E-state index in [-0.39, 0.29) is 11.9 Å². The Labute approximate surface area is 116 Å². The second-order valence-corrected chi connectivity index (χ2v) is 6.44. The summed E-state index contributed by atoms with van der Waals surface area (Å²) in [6.07, 6.45) is 4.79. The fraction of sp³-hybridized carbons (Fsp3) is 0.647. The lowest BCUT2D eigenvalue weighted by Gasteiger charge is -2.35. The maximum atomic E-state index is 14.1. The molecule has 2 atom stereocenters. The lowest BCUT2D eigenvalue weighted by atomic mass is 9.75. The molecule has 0 saturated heterocycles. The molecule has 1 aromatic carbocycles. The highest BCUT2D eigenvalue weighted by Gasteiger charge is 2.40. The quantitative estimate of drug-likeness (QED) is 0.812. The van der Waals surface area contributed by atoms with Gasteiger partial charge in [-0.1, -0.05) is 45.4 Å². The SMILES string of the molecule is CCCNC(c1ccccc1F)C1CCCC1(C)C. The smallest absolute Gasteiger partial charge is 0.127 e. The Morgan fingerprint density at radius 2 is 2.11 bits per heavy atom. The number of rotatable bonds is 5. The van der Waals surface area contributed by atoms with Gasteiger partial charge in [0.1, 0.15) is 5.82 Å². The van der Waals surface area contributed by atoms with E-state index in [2.05, 4.69) is 26.1 Å². The molecule has 1 aliphatic rings. The van der Waals surface area contributed by atoms with Gasteiger partial charge in [0.2, 0.25) is 0 Å². The maximum Gasteiger partial charge on any atom is 0.127 e. The summed E-state index contributed by atoms with van der Waals surface area (Å²) in [5.41, 5.74) is 1.14. The van der Waals surface area contributed by atoms with Gasteiger partial charge in [0.25, 0.3) is 0 Å². The molecule has 1 aliphatic carbocycles. The van der Waals surface area contributed by atoms with Crippen LogP contribution < -0.4 is 5.32 Å². The Kier molecular flexibility index (Phi) is 4.62. The number of halogens is 1. The Balaban J connectivity index is 2.28. The van der Waals surface area contributed by atoms with Crippen LogP contribution in [0.1, 0.15) is 58.1 Å². The largest absolute Gasteiger partial charge is 0.310 e. The lowest BCUT2D eigenvalue weighted by Crippen LogP contribution is -2.35. The van der Waals surface area contributed by atoms with Gasteiger partial charge in [0.05, 0.1) is 0 Å². The van der Waals surface area contributed by atoms with Gasteiger partial charge >= 0.3 is 0 Å². The third-order valence-corrected chi connectivity index (χ3v) is 4.60. The Hall–Kier alpha value is -0.890. The van der Waals surface area contributed by atoms with Gasteiger partial charge in [-0.2, -0.15) is 0 Å². The summed E-state index contributed by atoms with van der Waals surface area (Å²) in [5, 5.41) is 3.58. The Morgan fingerprint density at radius 3 is 2.68 bits per heavy atom. The van der Waals surface area contributed by atoms with Crippen LogP contribution in [0, 0.1) is 17.2 Å². The van der Waals surface area contributed by atoms with Gasteiger partial charge in [-0.15, -0.1) is 0 Å². The Bertz CT molecular complexity index is 413. The molecular weight excluding hydrogens is 237 g/mol. The maximum absolute atomic E-state index is 14.1. The van der Waals surface area contributed by atoms with Crippen molar-refractivity contribution in [2.75, 3.05) is 6.54 Å². The zero-order valence-corrected chi connectivity index (χ0v) is 12.4.